The van der Waals surface area contributed by atoms with Gasteiger partial charge in [0.15, 0.2) is 0 Å². The van der Waals surface area contributed by atoms with E-state index in [9.17, 15) is 5.11 Å². The van der Waals surface area contributed by atoms with Crippen molar-refractivity contribution in [3.8, 4) is 5.75 Å². The van der Waals surface area contributed by atoms with Crippen LogP contribution in [0.2, 0.25) is 0 Å². The van der Waals surface area contributed by atoms with Crippen molar-refractivity contribution in [2.24, 2.45) is 5.41 Å². The first kappa shape index (κ1) is 12.8. The average molecular weight is 220 g/mol. The molecule has 0 radical (unpaired) electrons. The first-order valence-electron chi connectivity index (χ1n) is 5.62. The van der Waals surface area contributed by atoms with Gasteiger partial charge in [-0.1, -0.05) is 31.2 Å². The maximum Gasteiger partial charge on any atom is 0.119 e. The number of rotatable bonds is 7. The molecule has 0 fully saturated rings. The van der Waals surface area contributed by atoms with E-state index in [2.05, 4.69) is 6.58 Å². The van der Waals surface area contributed by atoms with Gasteiger partial charge in [-0.05, 0) is 25.0 Å². The Morgan fingerprint density at radius 1 is 1.38 bits per heavy atom. The van der Waals surface area contributed by atoms with Crippen molar-refractivity contribution in [2.45, 2.75) is 19.8 Å². The largest absolute Gasteiger partial charge is 0.494 e. The van der Waals surface area contributed by atoms with Crippen molar-refractivity contribution < 1.29 is 9.84 Å². The molecule has 16 heavy (non-hydrogen) atoms. The lowest BCUT2D eigenvalue weighted by Gasteiger charge is -2.22. The van der Waals surface area contributed by atoms with Gasteiger partial charge in [-0.2, -0.15) is 0 Å². The van der Waals surface area contributed by atoms with Crippen LogP contribution in [-0.2, 0) is 0 Å². The van der Waals surface area contributed by atoms with E-state index in [1.807, 2.05) is 43.3 Å². The molecule has 0 aromatic heterocycles. The average Bonchev–Trinajstić information content (AvgIpc) is 2.36. The zero-order chi connectivity index (χ0) is 11.9. The second-order valence-corrected chi connectivity index (χ2v) is 4.28. The third kappa shape index (κ3) is 4.07. The molecule has 0 aliphatic heterocycles. The lowest BCUT2D eigenvalue weighted by Crippen LogP contribution is -2.19. The predicted octanol–water partition coefficient (Wildman–Crippen LogP) is 3.03. The van der Waals surface area contributed by atoms with Crippen LogP contribution in [0.25, 0.3) is 0 Å². The van der Waals surface area contributed by atoms with Gasteiger partial charge in [0.05, 0.1) is 13.2 Å². The van der Waals surface area contributed by atoms with E-state index < -0.39 is 0 Å². The molecule has 2 nitrogen and oxygen atoms in total. The van der Waals surface area contributed by atoms with Gasteiger partial charge < -0.3 is 9.84 Å². The summed E-state index contributed by atoms with van der Waals surface area (Å²) < 4.78 is 5.57. The molecule has 1 aromatic rings. The van der Waals surface area contributed by atoms with Crippen molar-refractivity contribution in [1.82, 2.24) is 0 Å². The summed E-state index contributed by atoms with van der Waals surface area (Å²) in [4.78, 5) is 0. The number of aliphatic hydroxyl groups is 1. The van der Waals surface area contributed by atoms with Crippen LogP contribution >= 0.6 is 0 Å². The third-order valence-electron chi connectivity index (χ3n) is 2.76. The maximum atomic E-state index is 9.19. The van der Waals surface area contributed by atoms with Gasteiger partial charge in [0, 0.05) is 5.41 Å². The van der Waals surface area contributed by atoms with E-state index in [0.29, 0.717) is 6.61 Å². The molecule has 1 unspecified atom stereocenters. The standard InChI is InChI=1S/C14H20O2/c1-3-14(2,12-15)10-7-11-16-13-8-5-4-6-9-13/h3-6,8-9,15H,1,7,10-12H2,2H3. The van der Waals surface area contributed by atoms with Crippen molar-refractivity contribution in [3.05, 3.63) is 43.0 Å². The van der Waals surface area contributed by atoms with E-state index >= 15 is 0 Å². The molecule has 1 rings (SSSR count). The minimum absolute atomic E-state index is 0.141. The van der Waals surface area contributed by atoms with Crippen LogP contribution in [0.4, 0.5) is 0 Å². The van der Waals surface area contributed by atoms with Gasteiger partial charge in [0.2, 0.25) is 0 Å². The van der Waals surface area contributed by atoms with E-state index in [1.165, 1.54) is 0 Å². The summed E-state index contributed by atoms with van der Waals surface area (Å²) in [6.07, 6.45) is 3.62. The Bertz CT molecular complexity index is 308. The first-order chi connectivity index (χ1) is 7.70. The highest BCUT2D eigenvalue weighted by Crippen LogP contribution is 2.23. The van der Waals surface area contributed by atoms with Crippen LogP contribution in [0.1, 0.15) is 19.8 Å². The monoisotopic (exact) mass is 220 g/mol. The number of benzene rings is 1. The molecule has 0 aliphatic carbocycles. The molecule has 2 heteroatoms. The summed E-state index contributed by atoms with van der Waals surface area (Å²) in [5.74, 6) is 0.895. The maximum absolute atomic E-state index is 9.19. The normalized spacial score (nSPS) is 14.1. The van der Waals surface area contributed by atoms with Crippen molar-refractivity contribution >= 4 is 0 Å². The molecule has 0 saturated heterocycles. The summed E-state index contributed by atoms with van der Waals surface area (Å²) in [6.45, 7) is 6.56. The molecule has 0 saturated carbocycles. The SMILES string of the molecule is C=CC(C)(CO)CCCOc1ccccc1. The van der Waals surface area contributed by atoms with Crippen LogP contribution < -0.4 is 4.74 Å². The topological polar surface area (TPSA) is 29.5 Å². The molecule has 0 bridgehead atoms. The smallest absolute Gasteiger partial charge is 0.119 e. The molecular weight excluding hydrogens is 200 g/mol. The highest BCUT2D eigenvalue weighted by atomic mass is 16.5. The van der Waals surface area contributed by atoms with Crippen LogP contribution in [-0.4, -0.2) is 18.3 Å². The number of hydrogen-bond acceptors (Lipinski definition) is 2. The summed E-state index contributed by atoms with van der Waals surface area (Å²) in [5.41, 5.74) is -0.181. The molecule has 0 heterocycles. The van der Waals surface area contributed by atoms with Gasteiger partial charge in [-0.25, -0.2) is 0 Å². The highest BCUT2D eigenvalue weighted by molar-refractivity contribution is 5.20. The molecule has 0 amide bonds. The fourth-order valence-corrected chi connectivity index (χ4v) is 1.43. The minimum atomic E-state index is -0.181. The zero-order valence-electron chi connectivity index (χ0n) is 9.86. The van der Waals surface area contributed by atoms with Crippen LogP contribution in [0, 0.1) is 5.41 Å². The molecule has 0 aliphatic rings. The lowest BCUT2D eigenvalue weighted by atomic mass is 9.87. The molecule has 1 N–H and O–H groups in total. The van der Waals surface area contributed by atoms with Crippen LogP contribution in [0.5, 0.6) is 5.75 Å². The lowest BCUT2D eigenvalue weighted by molar-refractivity contribution is 0.164. The fraction of sp³-hybridized carbons (Fsp3) is 0.429. The Balaban J connectivity index is 2.24. The van der Waals surface area contributed by atoms with E-state index in [4.69, 9.17) is 4.74 Å². The van der Waals surface area contributed by atoms with Gasteiger partial charge in [0.1, 0.15) is 5.75 Å². The fourth-order valence-electron chi connectivity index (χ4n) is 1.43. The highest BCUT2D eigenvalue weighted by Gasteiger charge is 2.17. The Labute approximate surface area is 97.6 Å². The Kier molecular flexibility index (Phi) is 5.06. The Morgan fingerprint density at radius 3 is 2.62 bits per heavy atom. The van der Waals surface area contributed by atoms with Gasteiger partial charge in [-0.3, -0.25) is 0 Å². The number of hydrogen-bond donors (Lipinski definition) is 1. The number of aliphatic hydroxyl groups excluding tert-OH is 1. The Hall–Kier alpha value is -1.28. The summed E-state index contributed by atoms with van der Waals surface area (Å²) in [6, 6.07) is 9.76. The van der Waals surface area contributed by atoms with Gasteiger partial charge in [0.25, 0.3) is 0 Å². The second-order valence-electron chi connectivity index (χ2n) is 4.28. The second kappa shape index (κ2) is 6.33. The Morgan fingerprint density at radius 2 is 2.06 bits per heavy atom. The molecule has 1 aromatic carbocycles. The van der Waals surface area contributed by atoms with Crippen LogP contribution in [0.3, 0.4) is 0 Å². The van der Waals surface area contributed by atoms with Gasteiger partial charge in [-0.15, -0.1) is 6.58 Å². The van der Waals surface area contributed by atoms with Crippen LogP contribution in [0.15, 0.2) is 43.0 Å². The predicted molar refractivity (Wildman–Crippen MR) is 66.6 cm³/mol. The molecule has 0 spiro atoms. The summed E-state index contributed by atoms with van der Waals surface area (Å²) >= 11 is 0. The number of ether oxygens (including phenoxy) is 1. The van der Waals surface area contributed by atoms with E-state index in [-0.39, 0.29) is 12.0 Å². The summed E-state index contributed by atoms with van der Waals surface area (Å²) in [5, 5.41) is 9.19. The van der Waals surface area contributed by atoms with Crippen molar-refractivity contribution in [3.63, 3.8) is 0 Å². The molecular formula is C14H20O2. The van der Waals surface area contributed by atoms with Crippen molar-refractivity contribution in [1.29, 1.82) is 0 Å². The molecule has 1 atom stereocenters. The zero-order valence-corrected chi connectivity index (χ0v) is 9.86. The van der Waals surface area contributed by atoms with E-state index in [0.717, 1.165) is 18.6 Å². The quantitative estimate of drug-likeness (QED) is 0.565. The minimum Gasteiger partial charge on any atom is -0.494 e. The van der Waals surface area contributed by atoms with E-state index in [1.54, 1.807) is 0 Å². The summed E-state index contributed by atoms with van der Waals surface area (Å²) in [7, 11) is 0. The first-order valence-corrected chi connectivity index (χ1v) is 5.62. The van der Waals surface area contributed by atoms with Gasteiger partial charge >= 0.3 is 0 Å². The third-order valence-corrected chi connectivity index (χ3v) is 2.76. The number of para-hydroxylation sites is 1. The molecule has 88 valence electrons. The van der Waals surface area contributed by atoms with Crippen molar-refractivity contribution in [2.75, 3.05) is 13.2 Å².